The van der Waals surface area contributed by atoms with Crippen molar-refractivity contribution in [2.24, 2.45) is 5.73 Å². The number of nitrogens with two attached hydrogens (primary N) is 1. The van der Waals surface area contributed by atoms with Crippen molar-refractivity contribution in [3.8, 4) is 0 Å². The Morgan fingerprint density at radius 3 is 2.64 bits per heavy atom. The lowest BCUT2D eigenvalue weighted by atomic mass is 10.1. The second kappa shape index (κ2) is 5.14. The number of ether oxygens (including phenoxy) is 1. The summed E-state index contributed by atoms with van der Waals surface area (Å²) in [5, 5.41) is 0. The van der Waals surface area contributed by atoms with Crippen LogP contribution in [0.1, 0.15) is 5.56 Å². The minimum Gasteiger partial charge on any atom is -0.383 e. The van der Waals surface area contributed by atoms with Gasteiger partial charge in [-0.15, -0.1) is 0 Å². The molecule has 0 fully saturated rings. The summed E-state index contributed by atoms with van der Waals surface area (Å²) in [5.41, 5.74) is 6.40. The van der Waals surface area contributed by atoms with E-state index in [4.69, 9.17) is 5.73 Å². The van der Waals surface area contributed by atoms with Crippen LogP contribution in [0.15, 0.2) is 30.3 Å². The van der Waals surface area contributed by atoms with Crippen LogP contribution in [0.5, 0.6) is 0 Å². The van der Waals surface area contributed by atoms with Gasteiger partial charge in [-0.3, -0.25) is 0 Å². The molecule has 1 radical (unpaired) electrons. The van der Waals surface area contributed by atoms with Crippen LogP contribution in [-0.4, -0.2) is 18.5 Å². The second-order valence-corrected chi connectivity index (χ2v) is 2.80. The van der Waals surface area contributed by atoms with Gasteiger partial charge in [-0.05, 0) is 12.0 Å². The van der Waals surface area contributed by atoms with Crippen LogP contribution in [0.4, 0.5) is 0 Å². The minimum absolute atomic E-state index is 0.349. The smallest absolute Gasteiger partial charge is 0.383 e. The summed E-state index contributed by atoms with van der Waals surface area (Å²) in [7, 11) is 0. The molecule has 0 saturated heterocycles. The van der Waals surface area contributed by atoms with Gasteiger partial charge >= 0.3 is 12.4 Å². The highest BCUT2D eigenvalue weighted by Gasteiger charge is 2.15. The van der Waals surface area contributed by atoms with Gasteiger partial charge < -0.3 is 10.5 Å². The molecule has 0 aliphatic heterocycles. The molecule has 4 heteroatoms. The van der Waals surface area contributed by atoms with Gasteiger partial charge in [-0.1, -0.05) is 30.3 Å². The summed E-state index contributed by atoms with van der Waals surface area (Å²) in [6.07, 6.45) is 0.349. The van der Waals surface area contributed by atoms with Crippen molar-refractivity contribution in [3.63, 3.8) is 0 Å². The third kappa shape index (κ3) is 2.99. The molecule has 0 unspecified atom stereocenters. The van der Waals surface area contributed by atoms with E-state index in [-0.39, 0.29) is 0 Å². The molecule has 0 aromatic heterocycles. The highest BCUT2D eigenvalue weighted by Crippen LogP contribution is 2.02. The maximum Gasteiger partial charge on any atom is 0.425 e. The Morgan fingerprint density at radius 1 is 1.43 bits per heavy atom. The van der Waals surface area contributed by atoms with E-state index in [0.29, 0.717) is 6.42 Å². The molecule has 1 rings (SSSR count). The molecule has 0 amide bonds. The molecular weight excluding hydrogens is 182 g/mol. The topological polar surface area (TPSA) is 69.4 Å². The third-order valence-electron chi connectivity index (χ3n) is 1.74. The Labute approximate surface area is 81.7 Å². The SMILES string of the molecule is N[C@@H](Cc1ccccc1)C(=O)O[C]=O. The van der Waals surface area contributed by atoms with Crippen molar-refractivity contribution in [2.45, 2.75) is 12.5 Å². The number of hydrogen-bond acceptors (Lipinski definition) is 4. The van der Waals surface area contributed by atoms with Crippen LogP contribution in [0.3, 0.4) is 0 Å². The lowest BCUT2D eigenvalue weighted by molar-refractivity contribution is -0.137. The zero-order valence-corrected chi connectivity index (χ0v) is 7.47. The van der Waals surface area contributed by atoms with Gasteiger partial charge in [0, 0.05) is 0 Å². The molecule has 0 spiro atoms. The predicted octanol–water partition coefficient (Wildman–Crippen LogP) is 0.167. The first-order chi connectivity index (χ1) is 6.74. The first kappa shape index (κ1) is 10.4. The van der Waals surface area contributed by atoms with Gasteiger partial charge in [0.05, 0.1) is 0 Å². The minimum atomic E-state index is -0.821. The summed E-state index contributed by atoms with van der Waals surface area (Å²) < 4.78 is 4.01. The molecule has 2 N–H and O–H groups in total. The van der Waals surface area contributed by atoms with Crippen LogP contribution < -0.4 is 5.73 Å². The summed E-state index contributed by atoms with van der Waals surface area (Å²) in [6.45, 7) is 1.05. The van der Waals surface area contributed by atoms with E-state index < -0.39 is 12.0 Å². The van der Waals surface area contributed by atoms with Crippen molar-refractivity contribution in [2.75, 3.05) is 0 Å². The van der Waals surface area contributed by atoms with E-state index in [9.17, 15) is 9.59 Å². The number of benzene rings is 1. The van der Waals surface area contributed by atoms with E-state index in [1.165, 1.54) is 0 Å². The monoisotopic (exact) mass is 192 g/mol. The van der Waals surface area contributed by atoms with E-state index >= 15 is 0 Å². The Balaban J connectivity index is 2.52. The van der Waals surface area contributed by atoms with E-state index in [1.54, 1.807) is 0 Å². The molecule has 1 aromatic carbocycles. The fourth-order valence-corrected chi connectivity index (χ4v) is 1.07. The molecule has 0 aliphatic carbocycles. The van der Waals surface area contributed by atoms with Crippen LogP contribution in [-0.2, 0) is 20.7 Å². The van der Waals surface area contributed by atoms with Crippen molar-refractivity contribution in [1.29, 1.82) is 0 Å². The molecular formula is C10H10NO3. The van der Waals surface area contributed by atoms with E-state index in [1.807, 2.05) is 30.3 Å². The maximum atomic E-state index is 10.9. The number of rotatable bonds is 4. The predicted molar refractivity (Wildman–Crippen MR) is 49.9 cm³/mol. The Kier molecular flexibility index (Phi) is 3.82. The largest absolute Gasteiger partial charge is 0.425 e. The first-order valence-corrected chi connectivity index (χ1v) is 4.11. The van der Waals surface area contributed by atoms with Gasteiger partial charge in [0.25, 0.3) is 0 Å². The lowest BCUT2D eigenvalue weighted by Gasteiger charge is -2.07. The van der Waals surface area contributed by atoms with E-state index in [2.05, 4.69) is 4.74 Å². The van der Waals surface area contributed by atoms with Crippen molar-refractivity contribution in [1.82, 2.24) is 0 Å². The van der Waals surface area contributed by atoms with Crippen LogP contribution in [0.25, 0.3) is 0 Å². The van der Waals surface area contributed by atoms with Gasteiger partial charge in [0.1, 0.15) is 6.04 Å². The zero-order valence-electron chi connectivity index (χ0n) is 7.47. The summed E-state index contributed by atoms with van der Waals surface area (Å²) >= 11 is 0. The maximum absolute atomic E-state index is 10.9. The lowest BCUT2D eigenvalue weighted by Crippen LogP contribution is -2.34. The van der Waals surface area contributed by atoms with Crippen molar-refractivity contribution in [3.05, 3.63) is 35.9 Å². The highest BCUT2D eigenvalue weighted by atomic mass is 16.6. The Bertz CT molecular complexity index is 310. The molecule has 0 aliphatic rings. The van der Waals surface area contributed by atoms with Crippen LogP contribution >= 0.6 is 0 Å². The van der Waals surface area contributed by atoms with Gasteiger partial charge in [0.15, 0.2) is 0 Å². The van der Waals surface area contributed by atoms with Crippen LogP contribution in [0.2, 0.25) is 0 Å². The average molecular weight is 192 g/mol. The van der Waals surface area contributed by atoms with Gasteiger partial charge in [-0.25, -0.2) is 9.59 Å². The highest BCUT2D eigenvalue weighted by molar-refractivity contribution is 5.81. The summed E-state index contributed by atoms with van der Waals surface area (Å²) in [6, 6.07) is 8.43. The van der Waals surface area contributed by atoms with Gasteiger partial charge in [0.2, 0.25) is 0 Å². The molecule has 1 aromatic rings. The molecule has 4 nitrogen and oxygen atoms in total. The first-order valence-electron chi connectivity index (χ1n) is 4.11. The molecule has 0 bridgehead atoms. The number of hydrogen-bond donors (Lipinski definition) is 1. The quantitative estimate of drug-likeness (QED) is 0.545. The number of esters is 1. The Morgan fingerprint density at radius 2 is 2.07 bits per heavy atom. The fourth-order valence-electron chi connectivity index (χ4n) is 1.07. The molecule has 1 atom stereocenters. The van der Waals surface area contributed by atoms with Gasteiger partial charge in [-0.2, -0.15) is 0 Å². The normalized spacial score (nSPS) is 11.8. The van der Waals surface area contributed by atoms with Crippen LogP contribution in [0, 0.1) is 0 Å². The third-order valence-corrected chi connectivity index (χ3v) is 1.74. The van der Waals surface area contributed by atoms with Crippen molar-refractivity contribution >= 4 is 12.4 Å². The number of carbonyl (C=O) groups excluding carboxylic acids is 2. The Hall–Kier alpha value is -1.68. The molecule has 0 saturated carbocycles. The molecule has 14 heavy (non-hydrogen) atoms. The molecule has 73 valence electrons. The summed E-state index contributed by atoms with van der Waals surface area (Å²) in [4.78, 5) is 20.7. The fraction of sp³-hybridized carbons (Fsp3) is 0.200. The second-order valence-electron chi connectivity index (χ2n) is 2.80. The summed E-state index contributed by atoms with van der Waals surface area (Å²) in [5.74, 6) is -0.760. The molecule has 0 heterocycles. The zero-order chi connectivity index (χ0) is 10.4. The van der Waals surface area contributed by atoms with Crippen molar-refractivity contribution < 1.29 is 14.3 Å². The standard InChI is InChI=1S/C10H10NO3/c11-9(10(13)14-7-12)6-8-4-2-1-3-5-8/h1-5,9H,6,11H2/t9-/m0/s1. The van der Waals surface area contributed by atoms with E-state index in [0.717, 1.165) is 12.0 Å². The average Bonchev–Trinajstić information content (AvgIpc) is 2.19. The number of carbonyl (C=O) groups is 1.